The monoisotopic (exact) mass is 277 g/mol. The molecule has 0 amide bonds. The minimum absolute atomic E-state index is 0.653. The van der Waals surface area contributed by atoms with Gasteiger partial charge in [-0.1, -0.05) is 19.9 Å². The molecule has 0 aromatic carbocycles. The van der Waals surface area contributed by atoms with E-state index >= 15 is 0 Å². The van der Waals surface area contributed by atoms with Crippen molar-refractivity contribution in [2.45, 2.75) is 39.3 Å². The molecular formula is C16H27N3O. The number of rotatable bonds is 7. The van der Waals surface area contributed by atoms with Gasteiger partial charge in [0.25, 0.3) is 0 Å². The fraction of sp³-hybridized carbons (Fsp3) is 0.688. The van der Waals surface area contributed by atoms with E-state index in [-0.39, 0.29) is 0 Å². The summed E-state index contributed by atoms with van der Waals surface area (Å²) in [6.07, 6.45) is 4.54. The van der Waals surface area contributed by atoms with E-state index in [0.717, 1.165) is 19.6 Å². The Bertz CT molecular complexity index is 385. The maximum Gasteiger partial charge on any atom is 0.212 e. The molecule has 2 heterocycles. The van der Waals surface area contributed by atoms with Gasteiger partial charge < -0.3 is 10.1 Å². The van der Waals surface area contributed by atoms with Crippen LogP contribution in [0.25, 0.3) is 0 Å². The summed E-state index contributed by atoms with van der Waals surface area (Å²) < 4.78 is 5.11. The number of nitrogens with zero attached hydrogens (tertiary/aromatic N) is 2. The normalized spacial score (nSPS) is 18.9. The molecule has 1 aromatic rings. The number of pyridine rings is 1. The lowest BCUT2D eigenvalue weighted by Crippen LogP contribution is -2.39. The molecule has 1 saturated heterocycles. The van der Waals surface area contributed by atoms with E-state index in [2.05, 4.69) is 35.1 Å². The van der Waals surface area contributed by atoms with Crippen LogP contribution >= 0.6 is 0 Å². The summed E-state index contributed by atoms with van der Waals surface area (Å²) >= 11 is 0. The quantitative estimate of drug-likeness (QED) is 0.830. The fourth-order valence-corrected chi connectivity index (χ4v) is 2.83. The van der Waals surface area contributed by atoms with Crippen LogP contribution in [0.1, 0.15) is 32.3 Å². The van der Waals surface area contributed by atoms with Gasteiger partial charge in [-0.2, -0.15) is 0 Å². The first-order valence-corrected chi connectivity index (χ1v) is 7.62. The first-order chi connectivity index (χ1) is 9.67. The van der Waals surface area contributed by atoms with E-state index in [1.807, 2.05) is 12.3 Å². The molecule has 1 aromatic heterocycles. The van der Waals surface area contributed by atoms with E-state index in [9.17, 15) is 0 Å². The maximum absolute atomic E-state index is 5.11. The summed E-state index contributed by atoms with van der Waals surface area (Å²) in [5.41, 5.74) is 1.25. The van der Waals surface area contributed by atoms with Crippen LogP contribution in [0.4, 0.5) is 0 Å². The smallest absolute Gasteiger partial charge is 0.212 e. The molecular weight excluding hydrogens is 250 g/mol. The number of nitrogens with one attached hydrogen (secondary N) is 1. The molecule has 4 heteroatoms. The third-order valence-corrected chi connectivity index (χ3v) is 3.68. The molecule has 20 heavy (non-hydrogen) atoms. The molecule has 1 unspecified atom stereocenters. The van der Waals surface area contributed by atoms with Crippen LogP contribution < -0.4 is 10.1 Å². The molecule has 4 nitrogen and oxygen atoms in total. The van der Waals surface area contributed by atoms with Gasteiger partial charge in [0.15, 0.2) is 0 Å². The minimum Gasteiger partial charge on any atom is -0.481 e. The molecule has 0 aliphatic carbocycles. The van der Waals surface area contributed by atoms with E-state index in [1.54, 1.807) is 7.11 Å². The Balaban J connectivity index is 1.94. The molecule has 1 N–H and O–H groups in total. The maximum atomic E-state index is 5.11. The summed E-state index contributed by atoms with van der Waals surface area (Å²) in [6, 6.07) is 4.71. The fourth-order valence-electron chi connectivity index (χ4n) is 2.83. The average Bonchev–Trinajstić information content (AvgIpc) is 2.91. The van der Waals surface area contributed by atoms with Gasteiger partial charge in [0.2, 0.25) is 5.88 Å². The first kappa shape index (κ1) is 15.3. The van der Waals surface area contributed by atoms with Crippen molar-refractivity contribution < 1.29 is 4.74 Å². The van der Waals surface area contributed by atoms with Gasteiger partial charge in [-0.15, -0.1) is 0 Å². The highest BCUT2D eigenvalue weighted by Gasteiger charge is 2.18. The van der Waals surface area contributed by atoms with Crippen LogP contribution in [0.5, 0.6) is 5.88 Å². The van der Waals surface area contributed by atoms with Gasteiger partial charge >= 0.3 is 0 Å². The number of hydrogen-bond donors (Lipinski definition) is 1. The lowest BCUT2D eigenvalue weighted by atomic mass is 10.1. The Hall–Kier alpha value is -1.13. The highest BCUT2D eigenvalue weighted by molar-refractivity contribution is 5.17. The van der Waals surface area contributed by atoms with E-state index in [1.165, 1.54) is 24.9 Å². The third-order valence-electron chi connectivity index (χ3n) is 3.68. The molecule has 1 aliphatic rings. The van der Waals surface area contributed by atoms with Crippen molar-refractivity contribution >= 4 is 0 Å². The molecule has 0 bridgehead atoms. The number of aromatic nitrogens is 1. The zero-order valence-corrected chi connectivity index (χ0v) is 12.9. The van der Waals surface area contributed by atoms with Crippen molar-refractivity contribution in [3.8, 4) is 5.88 Å². The molecule has 1 fully saturated rings. The van der Waals surface area contributed by atoms with E-state index in [0.29, 0.717) is 17.8 Å². The summed E-state index contributed by atoms with van der Waals surface area (Å²) in [7, 11) is 1.65. The van der Waals surface area contributed by atoms with Gasteiger partial charge in [0.05, 0.1) is 7.11 Å². The average molecular weight is 277 g/mol. The second-order valence-electron chi connectivity index (χ2n) is 6.09. The standard InChI is InChI=1S/C16H27N3O/c1-13(2)10-19(12-15-5-4-8-17-15)11-14-6-7-16(20-3)18-9-14/h6-7,9,13,15,17H,4-5,8,10-12H2,1-3H3. The number of ether oxygens (including phenoxy) is 1. The number of hydrogen-bond acceptors (Lipinski definition) is 4. The molecule has 1 aliphatic heterocycles. The predicted octanol–water partition coefficient (Wildman–Crippen LogP) is 2.30. The number of methoxy groups -OCH3 is 1. The van der Waals surface area contributed by atoms with Crippen LogP contribution in [-0.4, -0.2) is 42.7 Å². The highest BCUT2D eigenvalue weighted by Crippen LogP contribution is 2.13. The predicted molar refractivity (Wildman–Crippen MR) is 81.9 cm³/mol. The minimum atomic E-state index is 0.653. The molecule has 0 radical (unpaired) electrons. The van der Waals surface area contributed by atoms with Crippen molar-refractivity contribution in [1.82, 2.24) is 15.2 Å². The Morgan fingerprint density at radius 2 is 2.30 bits per heavy atom. The Kier molecular flexibility index (Phi) is 5.80. The van der Waals surface area contributed by atoms with Gasteiger partial charge in [-0.25, -0.2) is 4.98 Å². The second-order valence-corrected chi connectivity index (χ2v) is 6.09. The van der Waals surface area contributed by atoms with Crippen molar-refractivity contribution in [2.24, 2.45) is 5.92 Å². The third kappa shape index (κ3) is 4.76. The van der Waals surface area contributed by atoms with Gasteiger partial charge in [-0.3, -0.25) is 4.90 Å². The highest BCUT2D eigenvalue weighted by atomic mass is 16.5. The van der Waals surface area contributed by atoms with Gasteiger partial charge in [-0.05, 0) is 30.9 Å². The Labute approximate surface area is 122 Å². The first-order valence-electron chi connectivity index (χ1n) is 7.62. The molecule has 0 spiro atoms. The molecule has 1 atom stereocenters. The van der Waals surface area contributed by atoms with Crippen LogP contribution in [0.3, 0.4) is 0 Å². The van der Waals surface area contributed by atoms with Crippen molar-refractivity contribution in [1.29, 1.82) is 0 Å². The van der Waals surface area contributed by atoms with E-state index in [4.69, 9.17) is 4.74 Å². The topological polar surface area (TPSA) is 37.4 Å². The SMILES string of the molecule is COc1ccc(CN(CC(C)C)CC2CCCN2)cn1. The summed E-state index contributed by atoms with van der Waals surface area (Å²) in [5, 5.41) is 3.59. The van der Waals surface area contributed by atoms with Crippen LogP contribution in [0.2, 0.25) is 0 Å². The lowest BCUT2D eigenvalue weighted by molar-refractivity contribution is 0.216. The van der Waals surface area contributed by atoms with Crippen molar-refractivity contribution in [3.05, 3.63) is 23.9 Å². The zero-order chi connectivity index (χ0) is 14.4. The van der Waals surface area contributed by atoms with Gasteiger partial charge in [0, 0.05) is 37.9 Å². The largest absolute Gasteiger partial charge is 0.481 e. The molecule has 112 valence electrons. The second kappa shape index (κ2) is 7.60. The summed E-state index contributed by atoms with van der Waals surface area (Å²) in [5.74, 6) is 1.37. The lowest BCUT2D eigenvalue weighted by Gasteiger charge is -2.27. The van der Waals surface area contributed by atoms with Gasteiger partial charge in [0.1, 0.15) is 0 Å². The summed E-state index contributed by atoms with van der Waals surface area (Å²) in [4.78, 5) is 6.84. The molecule has 0 saturated carbocycles. The summed E-state index contributed by atoms with van der Waals surface area (Å²) in [6.45, 7) is 8.95. The van der Waals surface area contributed by atoms with E-state index < -0.39 is 0 Å². The van der Waals surface area contributed by atoms with Crippen LogP contribution in [0.15, 0.2) is 18.3 Å². The van der Waals surface area contributed by atoms with Crippen LogP contribution in [0, 0.1) is 5.92 Å². The Morgan fingerprint density at radius 1 is 1.45 bits per heavy atom. The Morgan fingerprint density at radius 3 is 2.85 bits per heavy atom. The van der Waals surface area contributed by atoms with Crippen LogP contribution in [-0.2, 0) is 6.54 Å². The zero-order valence-electron chi connectivity index (χ0n) is 12.9. The molecule has 2 rings (SSSR count). The van der Waals surface area contributed by atoms with Crippen molar-refractivity contribution in [2.75, 3.05) is 26.7 Å². The van der Waals surface area contributed by atoms with Crippen molar-refractivity contribution in [3.63, 3.8) is 0 Å².